The van der Waals surface area contributed by atoms with E-state index in [0.717, 1.165) is 0 Å². The second-order valence-electron chi connectivity index (χ2n) is 5.41. The molecule has 0 radical (unpaired) electrons. The first-order valence-electron chi connectivity index (χ1n) is 9.67. The van der Waals surface area contributed by atoms with Crippen LogP contribution in [0.3, 0.4) is 0 Å². The van der Waals surface area contributed by atoms with Crippen LogP contribution < -0.4 is 10.3 Å². The fourth-order valence-electron chi connectivity index (χ4n) is 1.68. The molecule has 0 aliphatic carbocycles. The maximum absolute atomic E-state index is 7.76. The lowest BCUT2D eigenvalue weighted by Gasteiger charge is -2.32. The van der Waals surface area contributed by atoms with Crippen LogP contribution in [0.4, 0.5) is 0 Å². The van der Waals surface area contributed by atoms with Gasteiger partial charge in [-0.05, 0) is 39.8 Å². The molecule has 110 valence electrons. The molecule has 0 amide bonds. The Labute approximate surface area is 130 Å². The average Bonchev–Trinajstić information content (AvgIpc) is 2.64. The fraction of sp³-hybridized carbons (Fsp3) is 0.643. The van der Waals surface area contributed by atoms with Gasteiger partial charge < -0.3 is 18.8 Å². The Balaban J connectivity index is 2.21. The quantitative estimate of drug-likeness (QED) is 0.766. The van der Waals surface area contributed by atoms with E-state index < -0.39 is 38.5 Å². The van der Waals surface area contributed by atoms with Crippen molar-refractivity contribution in [2.45, 2.75) is 38.9 Å². The molecule has 1 saturated heterocycles. The summed E-state index contributed by atoms with van der Waals surface area (Å²) in [6.07, 6.45) is 1.33. The van der Waals surface area contributed by atoms with E-state index >= 15 is 0 Å². The van der Waals surface area contributed by atoms with E-state index in [-0.39, 0.29) is 5.75 Å². The Morgan fingerprint density at radius 1 is 1.30 bits per heavy atom. The van der Waals surface area contributed by atoms with Gasteiger partial charge in [-0.3, -0.25) is 4.98 Å². The molecule has 1 aliphatic rings. The van der Waals surface area contributed by atoms with Gasteiger partial charge in [0.1, 0.15) is 12.3 Å². The van der Waals surface area contributed by atoms with Gasteiger partial charge in [-0.2, -0.15) is 0 Å². The van der Waals surface area contributed by atoms with Gasteiger partial charge in [-0.1, -0.05) is 0 Å². The fourth-order valence-corrected chi connectivity index (χ4v) is 1.68. The lowest BCUT2D eigenvalue weighted by molar-refractivity contribution is 0.00578. The van der Waals surface area contributed by atoms with Gasteiger partial charge in [0.2, 0.25) is 0 Å². The zero-order valence-corrected chi connectivity index (χ0v) is 11.9. The smallest absolute Gasteiger partial charge is 0.491 e. The minimum Gasteiger partial charge on any atom is -0.491 e. The minimum absolute atomic E-state index is 0.0854. The van der Waals surface area contributed by atoms with Crippen molar-refractivity contribution >= 4 is 12.7 Å². The third-order valence-electron chi connectivity index (χ3n) is 3.51. The molecule has 6 heteroatoms. The molecular formula is C14H22BNO4. The molecular weight excluding hydrogens is 257 g/mol. The number of hydrogen-bond acceptors (Lipinski definition) is 5. The average molecular weight is 286 g/mol. The van der Waals surface area contributed by atoms with Crippen LogP contribution in [0.25, 0.3) is 0 Å². The SMILES string of the molecule is [2H]C([2H])([2H])OC([2H])([2H])C([2H])([2H])Oc1ccnc(B2OC(C)(C)C(C)(C)O2)c1. The van der Waals surface area contributed by atoms with Gasteiger partial charge >= 0.3 is 7.12 Å². The van der Waals surface area contributed by atoms with Gasteiger partial charge in [0.05, 0.1) is 32.9 Å². The van der Waals surface area contributed by atoms with Crippen molar-refractivity contribution in [3.05, 3.63) is 18.3 Å². The van der Waals surface area contributed by atoms with Crippen molar-refractivity contribution in [1.29, 1.82) is 0 Å². The van der Waals surface area contributed by atoms with Gasteiger partial charge in [0.25, 0.3) is 0 Å². The van der Waals surface area contributed by atoms with Crippen molar-refractivity contribution in [2.24, 2.45) is 0 Å². The van der Waals surface area contributed by atoms with Gasteiger partial charge in [-0.25, -0.2) is 0 Å². The molecule has 0 spiro atoms. The molecule has 2 heterocycles. The summed E-state index contributed by atoms with van der Waals surface area (Å²) in [4.78, 5) is 4.14. The van der Waals surface area contributed by atoms with E-state index in [4.69, 9.17) is 23.6 Å². The Kier molecular flexibility index (Phi) is 2.39. The molecule has 0 bridgehead atoms. The standard InChI is InChI=1S/C14H22BNO4/c1-13(2)14(3,4)20-15(19-13)12-10-11(6-7-16-12)18-9-8-17-5/h6-7,10H,8-9H2,1-5H3/i5D3,8D2,9D2. The highest BCUT2D eigenvalue weighted by atomic mass is 16.7. The monoisotopic (exact) mass is 286 g/mol. The van der Waals surface area contributed by atoms with E-state index in [0.29, 0.717) is 5.59 Å². The Morgan fingerprint density at radius 3 is 2.65 bits per heavy atom. The number of methoxy groups -OCH3 is 1. The highest BCUT2D eigenvalue weighted by molar-refractivity contribution is 6.61. The first-order valence-corrected chi connectivity index (χ1v) is 6.17. The van der Waals surface area contributed by atoms with Crippen LogP contribution >= 0.6 is 0 Å². The van der Waals surface area contributed by atoms with E-state index in [9.17, 15) is 0 Å². The molecule has 0 atom stereocenters. The molecule has 1 aromatic heterocycles. The third-order valence-corrected chi connectivity index (χ3v) is 3.51. The summed E-state index contributed by atoms with van der Waals surface area (Å²) in [6.45, 7) is 1.15. The summed E-state index contributed by atoms with van der Waals surface area (Å²) < 4.78 is 72.6. The lowest BCUT2D eigenvalue weighted by atomic mass is 9.84. The molecule has 5 nitrogen and oxygen atoms in total. The maximum atomic E-state index is 7.76. The second kappa shape index (κ2) is 5.72. The van der Waals surface area contributed by atoms with E-state index in [1.165, 1.54) is 18.3 Å². The number of nitrogens with zero attached hydrogens (tertiary/aromatic N) is 1. The zero-order chi connectivity index (χ0) is 20.9. The molecule has 0 N–H and O–H groups in total. The number of hydrogen-bond donors (Lipinski definition) is 0. The van der Waals surface area contributed by atoms with E-state index in [1.54, 1.807) is 0 Å². The molecule has 0 saturated carbocycles. The largest absolute Gasteiger partial charge is 0.514 e. The number of pyridine rings is 1. The van der Waals surface area contributed by atoms with Crippen molar-refractivity contribution < 1.29 is 28.4 Å². The lowest BCUT2D eigenvalue weighted by Crippen LogP contribution is -2.41. The third kappa shape index (κ3) is 3.14. The molecule has 0 unspecified atom stereocenters. The van der Waals surface area contributed by atoms with E-state index in [1.807, 2.05) is 27.7 Å². The van der Waals surface area contributed by atoms with Crippen molar-refractivity contribution in [3.63, 3.8) is 0 Å². The summed E-state index contributed by atoms with van der Waals surface area (Å²) in [5, 5.41) is 0. The summed E-state index contributed by atoms with van der Waals surface area (Å²) in [5.41, 5.74) is -0.898. The normalized spacial score (nSPS) is 27.4. The predicted octanol–water partition coefficient (Wildman–Crippen LogP) is 1.41. The van der Waals surface area contributed by atoms with Crippen LogP contribution in [0, 0.1) is 0 Å². The topological polar surface area (TPSA) is 49.8 Å². The number of aromatic nitrogens is 1. The Morgan fingerprint density at radius 2 is 2.00 bits per heavy atom. The summed E-state index contributed by atoms with van der Waals surface area (Å²) in [6, 6.07) is 2.64. The van der Waals surface area contributed by atoms with Crippen molar-refractivity contribution in [3.8, 4) is 5.75 Å². The second-order valence-corrected chi connectivity index (χ2v) is 5.41. The van der Waals surface area contributed by atoms with Crippen LogP contribution in [0.15, 0.2) is 18.3 Å². The molecule has 20 heavy (non-hydrogen) atoms. The zero-order valence-electron chi connectivity index (χ0n) is 18.9. The number of rotatable bonds is 5. The van der Waals surface area contributed by atoms with Gasteiger partial charge in [0, 0.05) is 13.2 Å². The summed E-state index contributed by atoms with van der Waals surface area (Å²) >= 11 is 0. The molecule has 1 aromatic rings. The van der Waals surface area contributed by atoms with Crippen LogP contribution in [0.2, 0.25) is 0 Å². The van der Waals surface area contributed by atoms with E-state index in [2.05, 4.69) is 9.72 Å². The minimum atomic E-state index is -3.23. The van der Waals surface area contributed by atoms with Crippen LogP contribution in [-0.4, -0.2) is 43.5 Å². The molecule has 0 aromatic carbocycles. The highest BCUT2D eigenvalue weighted by Gasteiger charge is 2.52. The van der Waals surface area contributed by atoms with Crippen molar-refractivity contribution in [2.75, 3.05) is 20.2 Å². The molecule has 1 aliphatic heterocycles. The first-order chi connectivity index (χ1) is 12.0. The molecule has 2 rings (SSSR count). The van der Waals surface area contributed by atoms with Crippen LogP contribution in [0.1, 0.15) is 37.3 Å². The first kappa shape index (κ1) is 8.36. The highest BCUT2D eigenvalue weighted by Crippen LogP contribution is 2.36. The Bertz CT molecular complexity index is 680. The maximum Gasteiger partial charge on any atom is 0.514 e. The van der Waals surface area contributed by atoms with Gasteiger partial charge in [0.15, 0.2) is 0 Å². The summed E-state index contributed by atoms with van der Waals surface area (Å²) in [7, 11) is -3.95. The molecule has 1 fully saturated rings. The van der Waals surface area contributed by atoms with Gasteiger partial charge in [-0.15, -0.1) is 0 Å². The summed E-state index contributed by atoms with van der Waals surface area (Å²) in [5.74, 6) is -0.0854. The predicted molar refractivity (Wildman–Crippen MR) is 77.3 cm³/mol. The van der Waals surface area contributed by atoms with Crippen LogP contribution in [-0.2, 0) is 14.0 Å². The van der Waals surface area contributed by atoms with Crippen LogP contribution in [0.5, 0.6) is 5.75 Å². The number of ether oxygens (including phenoxy) is 2. The van der Waals surface area contributed by atoms with Crippen molar-refractivity contribution in [1.82, 2.24) is 4.98 Å². The Hall–Kier alpha value is -1.11.